The van der Waals surface area contributed by atoms with Gasteiger partial charge in [-0.05, 0) is 19.1 Å². The third-order valence-electron chi connectivity index (χ3n) is 3.48. The standard InChI is InChI=1S/C16H19N3O2S.ClH/c1-11-18-15(10-22-11)12-3-2-4-13(7-12)19-16(20)8-14-9-17-5-6-21-14;/h2-4,7,10,14,17H,5-6,8-9H2,1H3,(H,19,20);1H. The molecule has 124 valence electrons. The first-order valence-corrected chi connectivity index (χ1v) is 8.23. The fourth-order valence-electron chi connectivity index (χ4n) is 2.42. The Bertz CT molecular complexity index is 656. The van der Waals surface area contributed by atoms with Gasteiger partial charge in [-0.2, -0.15) is 0 Å². The topological polar surface area (TPSA) is 63.2 Å². The average Bonchev–Trinajstić information content (AvgIpc) is 2.95. The number of carbonyl (C=O) groups excluding carboxylic acids is 1. The Hall–Kier alpha value is -1.47. The van der Waals surface area contributed by atoms with Crippen LogP contribution in [0.2, 0.25) is 0 Å². The van der Waals surface area contributed by atoms with Crippen LogP contribution < -0.4 is 10.6 Å². The van der Waals surface area contributed by atoms with Gasteiger partial charge in [-0.25, -0.2) is 4.98 Å². The molecule has 1 amide bonds. The summed E-state index contributed by atoms with van der Waals surface area (Å²) >= 11 is 1.62. The molecule has 23 heavy (non-hydrogen) atoms. The van der Waals surface area contributed by atoms with Crippen LogP contribution in [-0.2, 0) is 9.53 Å². The van der Waals surface area contributed by atoms with Gasteiger partial charge in [0.05, 0.1) is 29.8 Å². The van der Waals surface area contributed by atoms with Crippen molar-refractivity contribution in [1.82, 2.24) is 10.3 Å². The van der Waals surface area contributed by atoms with E-state index in [-0.39, 0.29) is 24.4 Å². The van der Waals surface area contributed by atoms with E-state index in [1.807, 2.05) is 36.6 Å². The van der Waals surface area contributed by atoms with E-state index >= 15 is 0 Å². The van der Waals surface area contributed by atoms with Crippen molar-refractivity contribution < 1.29 is 9.53 Å². The summed E-state index contributed by atoms with van der Waals surface area (Å²) in [5, 5.41) is 9.22. The molecule has 5 nitrogen and oxygen atoms in total. The third-order valence-corrected chi connectivity index (χ3v) is 4.25. The molecule has 1 fully saturated rings. The van der Waals surface area contributed by atoms with Crippen molar-refractivity contribution in [1.29, 1.82) is 0 Å². The summed E-state index contributed by atoms with van der Waals surface area (Å²) in [6, 6.07) is 7.77. The van der Waals surface area contributed by atoms with E-state index in [0.29, 0.717) is 13.0 Å². The summed E-state index contributed by atoms with van der Waals surface area (Å²) in [7, 11) is 0. The van der Waals surface area contributed by atoms with Crippen LogP contribution in [-0.4, -0.2) is 36.7 Å². The highest BCUT2D eigenvalue weighted by Crippen LogP contribution is 2.24. The van der Waals surface area contributed by atoms with Gasteiger partial charge in [0.15, 0.2) is 0 Å². The molecule has 1 aromatic heterocycles. The third kappa shape index (κ3) is 5.00. The predicted octanol–water partition coefficient (Wildman–Crippen LogP) is 2.86. The van der Waals surface area contributed by atoms with Crippen LogP contribution in [0.5, 0.6) is 0 Å². The van der Waals surface area contributed by atoms with Crippen molar-refractivity contribution in [2.75, 3.05) is 25.0 Å². The van der Waals surface area contributed by atoms with Gasteiger partial charge in [0, 0.05) is 29.7 Å². The van der Waals surface area contributed by atoms with E-state index in [0.717, 1.165) is 35.0 Å². The number of nitrogens with one attached hydrogen (secondary N) is 2. The summed E-state index contributed by atoms with van der Waals surface area (Å²) in [5.74, 6) is -0.0275. The highest BCUT2D eigenvalue weighted by molar-refractivity contribution is 7.09. The van der Waals surface area contributed by atoms with Crippen LogP contribution in [0.15, 0.2) is 29.6 Å². The second-order valence-electron chi connectivity index (χ2n) is 5.28. The number of aryl methyl sites for hydroxylation is 1. The predicted molar refractivity (Wildman–Crippen MR) is 95.4 cm³/mol. The van der Waals surface area contributed by atoms with Crippen LogP contribution in [0, 0.1) is 6.92 Å². The van der Waals surface area contributed by atoms with Gasteiger partial charge in [0.1, 0.15) is 0 Å². The van der Waals surface area contributed by atoms with E-state index in [1.54, 1.807) is 11.3 Å². The normalized spacial score (nSPS) is 17.3. The van der Waals surface area contributed by atoms with Crippen molar-refractivity contribution in [2.24, 2.45) is 0 Å². The van der Waals surface area contributed by atoms with Gasteiger partial charge < -0.3 is 15.4 Å². The second-order valence-corrected chi connectivity index (χ2v) is 6.34. The quantitative estimate of drug-likeness (QED) is 0.887. The first-order chi connectivity index (χ1) is 10.7. The van der Waals surface area contributed by atoms with Gasteiger partial charge in [0.2, 0.25) is 5.91 Å². The second kappa shape index (κ2) is 8.40. The van der Waals surface area contributed by atoms with E-state index in [2.05, 4.69) is 15.6 Å². The SMILES string of the molecule is Cc1nc(-c2cccc(NC(=O)CC3CNCCO3)c2)cs1.Cl. The zero-order chi connectivity index (χ0) is 15.4. The Morgan fingerprint density at radius 2 is 2.39 bits per heavy atom. The first kappa shape index (κ1) is 17.9. The highest BCUT2D eigenvalue weighted by Gasteiger charge is 2.17. The molecule has 1 atom stereocenters. The lowest BCUT2D eigenvalue weighted by Crippen LogP contribution is -2.40. The maximum absolute atomic E-state index is 12.1. The molecule has 0 spiro atoms. The fraction of sp³-hybridized carbons (Fsp3) is 0.375. The van der Waals surface area contributed by atoms with Gasteiger partial charge in [-0.15, -0.1) is 23.7 Å². The molecule has 0 bridgehead atoms. The molecule has 1 saturated heterocycles. The number of morpholine rings is 1. The molecular weight excluding hydrogens is 334 g/mol. The van der Waals surface area contributed by atoms with Crippen LogP contribution >= 0.6 is 23.7 Å². The molecule has 0 saturated carbocycles. The Labute approximate surface area is 145 Å². The maximum Gasteiger partial charge on any atom is 0.227 e. The molecule has 3 rings (SSSR count). The molecule has 2 N–H and O–H groups in total. The monoisotopic (exact) mass is 353 g/mol. The minimum absolute atomic E-state index is 0. The Kier molecular flexibility index (Phi) is 6.53. The molecule has 0 radical (unpaired) electrons. The number of hydrogen-bond acceptors (Lipinski definition) is 5. The van der Waals surface area contributed by atoms with Gasteiger partial charge in [0.25, 0.3) is 0 Å². The van der Waals surface area contributed by atoms with Crippen LogP contribution in [0.3, 0.4) is 0 Å². The van der Waals surface area contributed by atoms with Gasteiger partial charge in [-0.1, -0.05) is 12.1 Å². The van der Waals surface area contributed by atoms with Crippen molar-refractivity contribution >= 4 is 35.3 Å². The number of halogens is 1. The summed E-state index contributed by atoms with van der Waals surface area (Å²) < 4.78 is 5.55. The lowest BCUT2D eigenvalue weighted by Gasteiger charge is -2.23. The zero-order valence-electron chi connectivity index (χ0n) is 12.9. The molecule has 2 aromatic rings. The molecule has 1 aliphatic rings. The van der Waals surface area contributed by atoms with E-state index in [1.165, 1.54) is 0 Å². The van der Waals surface area contributed by atoms with E-state index < -0.39 is 0 Å². The largest absolute Gasteiger partial charge is 0.375 e. The van der Waals surface area contributed by atoms with E-state index in [9.17, 15) is 4.79 Å². The number of nitrogens with zero attached hydrogens (tertiary/aromatic N) is 1. The molecule has 1 aliphatic heterocycles. The summed E-state index contributed by atoms with van der Waals surface area (Å²) in [6.07, 6.45) is 0.325. The Morgan fingerprint density at radius 3 is 3.09 bits per heavy atom. The Morgan fingerprint density at radius 1 is 1.52 bits per heavy atom. The molecule has 0 aliphatic carbocycles. The van der Waals surface area contributed by atoms with Crippen LogP contribution in [0.25, 0.3) is 11.3 Å². The summed E-state index contributed by atoms with van der Waals surface area (Å²) in [4.78, 5) is 16.6. The number of rotatable bonds is 4. The number of hydrogen-bond donors (Lipinski definition) is 2. The van der Waals surface area contributed by atoms with E-state index in [4.69, 9.17) is 4.74 Å². The van der Waals surface area contributed by atoms with Gasteiger partial charge >= 0.3 is 0 Å². The zero-order valence-corrected chi connectivity index (χ0v) is 14.5. The molecule has 7 heteroatoms. The molecule has 1 aromatic carbocycles. The lowest BCUT2D eigenvalue weighted by atomic mass is 10.1. The number of anilines is 1. The summed E-state index contributed by atoms with van der Waals surface area (Å²) in [5.41, 5.74) is 2.74. The van der Waals surface area contributed by atoms with Gasteiger partial charge in [-0.3, -0.25) is 4.79 Å². The minimum Gasteiger partial charge on any atom is -0.375 e. The molecule has 1 unspecified atom stereocenters. The van der Waals surface area contributed by atoms with Crippen molar-refractivity contribution in [3.63, 3.8) is 0 Å². The fourth-order valence-corrected chi connectivity index (χ4v) is 3.04. The molecule has 2 heterocycles. The maximum atomic E-state index is 12.1. The van der Waals surface area contributed by atoms with Crippen LogP contribution in [0.1, 0.15) is 11.4 Å². The minimum atomic E-state index is -0.0434. The van der Waals surface area contributed by atoms with Crippen molar-refractivity contribution in [2.45, 2.75) is 19.4 Å². The highest BCUT2D eigenvalue weighted by atomic mass is 35.5. The molecular formula is C16H20ClN3O2S. The number of benzene rings is 1. The number of thiazole rings is 1. The Balaban J connectivity index is 0.00000192. The lowest BCUT2D eigenvalue weighted by molar-refractivity contribution is -0.119. The first-order valence-electron chi connectivity index (χ1n) is 7.35. The number of ether oxygens (including phenoxy) is 1. The number of carbonyl (C=O) groups is 1. The summed E-state index contributed by atoms with van der Waals surface area (Å²) in [6.45, 7) is 4.23. The van der Waals surface area contributed by atoms with Crippen LogP contribution in [0.4, 0.5) is 5.69 Å². The smallest absolute Gasteiger partial charge is 0.227 e. The average molecular weight is 354 g/mol. The van der Waals surface area contributed by atoms with Crippen molar-refractivity contribution in [3.05, 3.63) is 34.7 Å². The number of aromatic nitrogens is 1. The number of amides is 1. The van der Waals surface area contributed by atoms with Crippen molar-refractivity contribution in [3.8, 4) is 11.3 Å².